The van der Waals surface area contributed by atoms with E-state index in [1.165, 1.54) is 6.08 Å². The Kier molecular flexibility index (Phi) is 4.98. The van der Waals surface area contributed by atoms with Gasteiger partial charge in [0.2, 0.25) is 10.0 Å². The van der Waals surface area contributed by atoms with E-state index in [-0.39, 0.29) is 6.61 Å². The molecular formula is C7H11NO4S. The van der Waals surface area contributed by atoms with Crippen molar-refractivity contribution >= 4 is 22.2 Å². The van der Waals surface area contributed by atoms with Gasteiger partial charge in [-0.15, -0.1) is 0 Å². The molecule has 0 saturated carbocycles. The molecule has 0 bridgehead atoms. The number of ether oxygens (including phenoxy) is 1. The zero-order valence-corrected chi connectivity index (χ0v) is 8.24. The Hall–Kier alpha value is -1.17. The minimum Gasteiger partial charge on any atom is -0.463 e. The number of nitrogens with zero attached hydrogens (tertiary/aromatic N) is 1. The second kappa shape index (κ2) is 5.47. The summed E-state index contributed by atoms with van der Waals surface area (Å²) in [6.07, 6.45) is 4.28. The van der Waals surface area contributed by atoms with Crippen molar-refractivity contribution in [1.82, 2.24) is 0 Å². The molecule has 0 aliphatic carbocycles. The molecule has 0 aromatic heterocycles. The van der Waals surface area contributed by atoms with Crippen LogP contribution in [0.15, 0.2) is 16.5 Å². The smallest absolute Gasteiger partial charge is 0.330 e. The van der Waals surface area contributed by atoms with Crippen LogP contribution in [-0.4, -0.2) is 33.5 Å². The molecule has 0 radical (unpaired) electrons. The predicted molar refractivity (Wildman–Crippen MR) is 49.1 cm³/mol. The van der Waals surface area contributed by atoms with E-state index in [4.69, 9.17) is 0 Å². The highest BCUT2D eigenvalue weighted by atomic mass is 32.2. The first-order chi connectivity index (χ1) is 5.95. The number of rotatable bonds is 4. The average Bonchev–Trinajstić information content (AvgIpc) is 1.97. The summed E-state index contributed by atoms with van der Waals surface area (Å²) in [7, 11) is -3.37. The van der Waals surface area contributed by atoms with E-state index >= 15 is 0 Å². The average molecular weight is 205 g/mol. The standard InChI is InChI=1S/C7H11NO4S/c1-3-12-7(9)5-4-6-8-13(2,10)11/h4-6H,3H2,1-2H3/b5-4+,8-6+. The maximum Gasteiger partial charge on any atom is 0.330 e. The molecule has 0 heterocycles. The van der Waals surface area contributed by atoms with E-state index in [0.29, 0.717) is 0 Å². The lowest BCUT2D eigenvalue weighted by Gasteiger charge is -1.92. The molecule has 0 fully saturated rings. The summed E-state index contributed by atoms with van der Waals surface area (Å²) in [5.41, 5.74) is 0. The van der Waals surface area contributed by atoms with Gasteiger partial charge in [0, 0.05) is 12.3 Å². The van der Waals surface area contributed by atoms with Crippen molar-refractivity contribution in [3.05, 3.63) is 12.2 Å². The molecule has 0 N–H and O–H groups in total. The van der Waals surface area contributed by atoms with E-state index in [9.17, 15) is 13.2 Å². The molecule has 74 valence electrons. The van der Waals surface area contributed by atoms with Crippen molar-refractivity contribution in [3.63, 3.8) is 0 Å². The highest BCUT2D eigenvalue weighted by Crippen LogP contribution is 1.83. The third-order valence-corrected chi connectivity index (χ3v) is 1.36. The van der Waals surface area contributed by atoms with Crippen LogP contribution in [0, 0.1) is 0 Å². The van der Waals surface area contributed by atoms with Gasteiger partial charge in [-0.3, -0.25) is 0 Å². The SMILES string of the molecule is CCOC(=O)/C=C/C=N/S(C)(=O)=O. The minimum absolute atomic E-state index is 0.284. The first kappa shape index (κ1) is 11.8. The van der Waals surface area contributed by atoms with Crippen molar-refractivity contribution in [2.24, 2.45) is 4.40 Å². The third-order valence-electron chi connectivity index (χ3n) is 0.857. The lowest BCUT2D eigenvalue weighted by molar-refractivity contribution is -0.137. The minimum atomic E-state index is -3.37. The van der Waals surface area contributed by atoms with Crippen LogP contribution in [0.1, 0.15) is 6.92 Å². The number of carbonyl (C=O) groups excluding carboxylic acids is 1. The van der Waals surface area contributed by atoms with Crippen LogP contribution in [-0.2, 0) is 19.6 Å². The number of esters is 1. The number of hydrogen-bond acceptors (Lipinski definition) is 4. The molecule has 0 amide bonds. The summed E-state index contributed by atoms with van der Waals surface area (Å²) in [6, 6.07) is 0. The first-order valence-electron chi connectivity index (χ1n) is 3.54. The number of carbonyl (C=O) groups is 1. The van der Waals surface area contributed by atoms with Crippen LogP contribution in [0.4, 0.5) is 0 Å². The summed E-state index contributed by atoms with van der Waals surface area (Å²) in [5, 5.41) is 0. The van der Waals surface area contributed by atoms with Gasteiger partial charge >= 0.3 is 5.97 Å². The van der Waals surface area contributed by atoms with Crippen molar-refractivity contribution in [1.29, 1.82) is 0 Å². The van der Waals surface area contributed by atoms with E-state index < -0.39 is 16.0 Å². The predicted octanol–water partition coefficient (Wildman–Crippen LogP) is 0.136. The van der Waals surface area contributed by atoms with Gasteiger partial charge in [0.1, 0.15) is 0 Å². The molecule has 0 unspecified atom stereocenters. The van der Waals surface area contributed by atoms with Crippen LogP contribution in [0.2, 0.25) is 0 Å². The van der Waals surface area contributed by atoms with Crippen molar-refractivity contribution in [3.8, 4) is 0 Å². The summed E-state index contributed by atoms with van der Waals surface area (Å²) in [4.78, 5) is 10.6. The lowest BCUT2D eigenvalue weighted by atomic mass is 10.5. The summed E-state index contributed by atoms with van der Waals surface area (Å²) in [6.45, 7) is 1.96. The Balaban J connectivity index is 4.02. The molecule has 0 spiro atoms. The fourth-order valence-corrected chi connectivity index (χ4v) is 0.749. The van der Waals surface area contributed by atoms with Crippen LogP contribution >= 0.6 is 0 Å². The second-order valence-corrected chi connectivity index (χ2v) is 3.78. The molecule has 5 nitrogen and oxygen atoms in total. The number of hydrogen-bond donors (Lipinski definition) is 0. The Bertz CT molecular complexity index is 315. The maximum atomic E-state index is 10.6. The molecule has 0 rings (SSSR count). The fraction of sp³-hybridized carbons (Fsp3) is 0.429. The van der Waals surface area contributed by atoms with Gasteiger partial charge in [-0.05, 0) is 13.0 Å². The normalized spacial score (nSPS) is 12.5. The third kappa shape index (κ3) is 8.74. The number of allylic oxidation sites excluding steroid dienone is 1. The van der Waals surface area contributed by atoms with Crippen molar-refractivity contribution in [2.45, 2.75) is 6.92 Å². The van der Waals surface area contributed by atoms with Crippen LogP contribution in [0.3, 0.4) is 0 Å². The fourth-order valence-electron chi connectivity index (χ4n) is 0.458. The topological polar surface area (TPSA) is 72.8 Å². The number of sulfonamides is 1. The molecule has 0 aliphatic rings. The van der Waals surface area contributed by atoms with Gasteiger partial charge in [0.05, 0.1) is 12.9 Å². The van der Waals surface area contributed by atoms with Crippen molar-refractivity contribution in [2.75, 3.05) is 12.9 Å². The van der Waals surface area contributed by atoms with Gasteiger partial charge in [-0.2, -0.15) is 4.40 Å². The molecule has 0 aromatic carbocycles. The zero-order valence-electron chi connectivity index (χ0n) is 7.43. The van der Waals surface area contributed by atoms with Gasteiger partial charge in [0.15, 0.2) is 0 Å². The van der Waals surface area contributed by atoms with Gasteiger partial charge < -0.3 is 4.74 Å². The van der Waals surface area contributed by atoms with Crippen molar-refractivity contribution < 1.29 is 17.9 Å². The second-order valence-electron chi connectivity index (χ2n) is 2.10. The van der Waals surface area contributed by atoms with Crippen LogP contribution in [0.5, 0.6) is 0 Å². The molecule has 0 aliphatic heterocycles. The maximum absolute atomic E-state index is 10.6. The van der Waals surface area contributed by atoms with E-state index in [0.717, 1.165) is 18.5 Å². The highest BCUT2D eigenvalue weighted by molar-refractivity contribution is 7.89. The van der Waals surface area contributed by atoms with E-state index in [2.05, 4.69) is 9.13 Å². The lowest BCUT2D eigenvalue weighted by Crippen LogP contribution is -1.99. The van der Waals surface area contributed by atoms with Gasteiger partial charge in [-0.1, -0.05) is 0 Å². The monoisotopic (exact) mass is 205 g/mol. The molecule has 0 aromatic rings. The molecule has 13 heavy (non-hydrogen) atoms. The Labute approximate surface area is 77.2 Å². The zero-order chi connectivity index (χ0) is 10.3. The van der Waals surface area contributed by atoms with E-state index in [1.54, 1.807) is 6.92 Å². The van der Waals surface area contributed by atoms with Crippen LogP contribution in [0.25, 0.3) is 0 Å². The molecular weight excluding hydrogens is 194 g/mol. The first-order valence-corrected chi connectivity index (χ1v) is 5.39. The van der Waals surface area contributed by atoms with E-state index in [1.807, 2.05) is 0 Å². The molecule has 0 saturated heterocycles. The summed E-state index contributed by atoms with van der Waals surface area (Å²) in [5.74, 6) is -0.526. The van der Waals surface area contributed by atoms with Gasteiger partial charge in [0.25, 0.3) is 0 Å². The molecule has 6 heteroatoms. The van der Waals surface area contributed by atoms with Gasteiger partial charge in [-0.25, -0.2) is 13.2 Å². The largest absolute Gasteiger partial charge is 0.463 e. The summed E-state index contributed by atoms with van der Waals surface area (Å²) < 4.78 is 28.6. The summed E-state index contributed by atoms with van der Waals surface area (Å²) >= 11 is 0. The highest BCUT2D eigenvalue weighted by Gasteiger charge is 1.92. The Morgan fingerprint density at radius 1 is 1.54 bits per heavy atom. The quantitative estimate of drug-likeness (QED) is 0.371. The Morgan fingerprint density at radius 2 is 2.15 bits per heavy atom. The molecule has 0 atom stereocenters. The van der Waals surface area contributed by atoms with Crippen LogP contribution < -0.4 is 0 Å². The Morgan fingerprint density at radius 3 is 2.62 bits per heavy atom.